The Morgan fingerprint density at radius 3 is 2.69 bits per heavy atom. The molecule has 1 amide bonds. The van der Waals surface area contributed by atoms with Crippen LogP contribution in [-0.2, 0) is 17.9 Å². The molecule has 29 heavy (non-hydrogen) atoms. The topological polar surface area (TPSA) is 71.3 Å². The van der Waals surface area contributed by atoms with Gasteiger partial charge in [0, 0.05) is 23.0 Å². The van der Waals surface area contributed by atoms with Crippen molar-refractivity contribution in [2.45, 2.75) is 25.9 Å². The summed E-state index contributed by atoms with van der Waals surface area (Å²) in [6, 6.07) is 17.3. The lowest BCUT2D eigenvalue weighted by Crippen LogP contribution is -2.40. The standard InChI is InChI=1S/C22H23ClN4O2/c23-19-8-4-5-16(13-19)14-24-22(28)18-9-11-27(12-10-18)15-20-25-21(26-29-20)17-6-2-1-3-7-17/h1-8,13,18H,9-12,14-15H2,(H,24,28). The summed E-state index contributed by atoms with van der Waals surface area (Å²) in [5.74, 6) is 1.35. The number of piperidine rings is 1. The molecule has 0 bridgehead atoms. The predicted molar refractivity (Wildman–Crippen MR) is 111 cm³/mol. The molecule has 7 heteroatoms. The van der Waals surface area contributed by atoms with Gasteiger partial charge in [0.2, 0.25) is 17.6 Å². The maximum atomic E-state index is 12.5. The fourth-order valence-electron chi connectivity index (χ4n) is 3.55. The van der Waals surface area contributed by atoms with Gasteiger partial charge in [-0.15, -0.1) is 0 Å². The third kappa shape index (κ3) is 5.22. The van der Waals surface area contributed by atoms with Crippen molar-refractivity contribution in [3.8, 4) is 11.4 Å². The molecule has 0 saturated carbocycles. The minimum Gasteiger partial charge on any atom is -0.352 e. The van der Waals surface area contributed by atoms with Gasteiger partial charge in [-0.05, 0) is 43.6 Å². The van der Waals surface area contributed by atoms with E-state index in [0.717, 1.165) is 37.1 Å². The zero-order chi connectivity index (χ0) is 20.1. The van der Waals surface area contributed by atoms with E-state index in [1.165, 1.54) is 0 Å². The highest BCUT2D eigenvalue weighted by Gasteiger charge is 2.25. The third-order valence-corrected chi connectivity index (χ3v) is 5.41. The SMILES string of the molecule is O=C(NCc1cccc(Cl)c1)C1CCN(Cc2nc(-c3ccccc3)no2)CC1. The highest BCUT2D eigenvalue weighted by atomic mass is 35.5. The molecule has 2 aromatic carbocycles. The minimum atomic E-state index is 0.0352. The Labute approximate surface area is 174 Å². The highest BCUT2D eigenvalue weighted by Crippen LogP contribution is 2.21. The molecule has 150 valence electrons. The molecular formula is C22H23ClN4O2. The predicted octanol–water partition coefficient (Wildman–Crippen LogP) is 3.92. The van der Waals surface area contributed by atoms with Crippen molar-refractivity contribution in [1.82, 2.24) is 20.4 Å². The second kappa shape index (κ2) is 9.20. The van der Waals surface area contributed by atoms with E-state index in [-0.39, 0.29) is 11.8 Å². The molecule has 0 aliphatic carbocycles. The normalized spacial score (nSPS) is 15.3. The van der Waals surface area contributed by atoms with Crippen molar-refractivity contribution >= 4 is 17.5 Å². The molecule has 6 nitrogen and oxygen atoms in total. The number of aromatic nitrogens is 2. The molecule has 4 rings (SSSR count). The van der Waals surface area contributed by atoms with Gasteiger partial charge in [-0.3, -0.25) is 9.69 Å². The van der Waals surface area contributed by atoms with Crippen LogP contribution in [0.15, 0.2) is 59.1 Å². The maximum absolute atomic E-state index is 12.5. The van der Waals surface area contributed by atoms with Crippen molar-refractivity contribution in [1.29, 1.82) is 0 Å². The monoisotopic (exact) mass is 410 g/mol. The van der Waals surface area contributed by atoms with Crippen LogP contribution >= 0.6 is 11.6 Å². The van der Waals surface area contributed by atoms with Crippen LogP contribution in [0.1, 0.15) is 24.3 Å². The number of likely N-dealkylation sites (tertiary alicyclic amines) is 1. The van der Waals surface area contributed by atoms with Crippen LogP contribution < -0.4 is 5.32 Å². The molecule has 1 saturated heterocycles. The fraction of sp³-hybridized carbons (Fsp3) is 0.318. The summed E-state index contributed by atoms with van der Waals surface area (Å²) < 4.78 is 5.40. The number of hydrogen-bond acceptors (Lipinski definition) is 5. The van der Waals surface area contributed by atoms with E-state index >= 15 is 0 Å². The molecule has 0 atom stereocenters. The molecule has 1 N–H and O–H groups in total. The zero-order valence-corrected chi connectivity index (χ0v) is 16.8. The number of carbonyl (C=O) groups excluding carboxylic acids is 1. The Morgan fingerprint density at radius 1 is 1.14 bits per heavy atom. The van der Waals surface area contributed by atoms with Crippen LogP contribution in [0.5, 0.6) is 0 Å². The van der Waals surface area contributed by atoms with Crippen LogP contribution in [0, 0.1) is 5.92 Å². The number of nitrogens with one attached hydrogen (secondary N) is 1. The molecule has 0 unspecified atom stereocenters. The first-order chi connectivity index (χ1) is 14.2. The number of nitrogens with zero attached hydrogens (tertiary/aromatic N) is 3. The van der Waals surface area contributed by atoms with Crippen molar-refractivity contribution in [2.24, 2.45) is 5.92 Å². The Hall–Kier alpha value is -2.70. The second-order valence-corrected chi connectivity index (χ2v) is 7.71. The Bertz CT molecular complexity index is 952. The van der Waals surface area contributed by atoms with E-state index in [1.54, 1.807) is 0 Å². The quantitative estimate of drug-likeness (QED) is 0.666. The van der Waals surface area contributed by atoms with Gasteiger partial charge in [0.15, 0.2) is 0 Å². The van der Waals surface area contributed by atoms with Gasteiger partial charge in [-0.2, -0.15) is 4.98 Å². The second-order valence-electron chi connectivity index (χ2n) is 7.28. The van der Waals surface area contributed by atoms with Crippen LogP contribution in [-0.4, -0.2) is 34.0 Å². The summed E-state index contributed by atoms with van der Waals surface area (Å²) in [5, 5.41) is 7.78. The Balaban J connectivity index is 1.24. The molecule has 3 aromatic rings. The van der Waals surface area contributed by atoms with Gasteiger partial charge in [0.05, 0.1) is 6.54 Å². The number of benzene rings is 2. The maximum Gasteiger partial charge on any atom is 0.241 e. The Kier molecular flexibility index (Phi) is 6.22. The van der Waals surface area contributed by atoms with E-state index < -0.39 is 0 Å². The van der Waals surface area contributed by atoms with E-state index in [4.69, 9.17) is 16.1 Å². The minimum absolute atomic E-state index is 0.0352. The summed E-state index contributed by atoms with van der Waals surface area (Å²) >= 11 is 5.99. The Morgan fingerprint density at radius 2 is 1.93 bits per heavy atom. The molecule has 1 fully saturated rings. The summed E-state index contributed by atoms with van der Waals surface area (Å²) in [4.78, 5) is 19.2. The number of carbonyl (C=O) groups is 1. The molecule has 2 heterocycles. The first-order valence-electron chi connectivity index (χ1n) is 9.80. The summed E-state index contributed by atoms with van der Waals surface area (Å²) in [7, 11) is 0. The molecule has 1 aromatic heterocycles. The lowest BCUT2D eigenvalue weighted by atomic mass is 9.96. The first kappa shape index (κ1) is 19.6. The largest absolute Gasteiger partial charge is 0.352 e. The van der Waals surface area contributed by atoms with Crippen LogP contribution in [0.25, 0.3) is 11.4 Å². The lowest BCUT2D eigenvalue weighted by Gasteiger charge is -2.30. The van der Waals surface area contributed by atoms with Gasteiger partial charge in [-0.1, -0.05) is 59.2 Å². The number of hydrogen-bond donors (Lipinski definition) is 1. The van der Waals surface area contributed by atoms with E-state index in [2.05, 4.69) is 20.4 Å². The van der Waals surface area contributed by atoms with Crippen LogP contribution in [0.4, 0.5) is 0 Å². The van der Waals surface area contributed by atoms with E-state index in [0.29, 0.717) is 29.8 Å². The average molecular weight is 411 g/mol. The lowest BCUT2D eigenvalue weighted by molar-refractivity contribution is -0.126. The van der Waals surface area contributed by atoms with Gasteiger partial charge >= 0.3 is 0 Å². The van der Waals surface area contributed by atoms with Crippen molar-refractivity contribution in [2.75, 3.05) is 13.1 Å². The average Bonchev–Trinajstić information content (AvgIpc) is 3.22. The summed E-state index contributed by atoms with van der Waals surface area (Å²) in [6.07, 6.45) is 1.64. The van der Waals surface area contributed by atoms with Gasteiger partial charge in [0.25, 0.3) is 0 Å². The van der Waals surface area contributed by atoms with Crippen LogP contribution in [0.2, 0.25) is 5.02 Å². The van der Waals surface area contributed by atoms with Gasteiger partial charge in [-0.25, -0.2) is 0 Å². The van der Waals surface area contributed by atoms with Gasteiger partial charge in [0.1, 0.15) is 0 Å². The molecule has 1 aliphatic rings. The fourth-order valence-corrected chi connectivity index (χ4v) is 3.76. The highest BCUT2D eigenvalue weighted by molar-refractivity contribution is 6.30. The van der Waals surface area contributed by atoms with Crippen LogP contribution in [0.3, 0.4) is 0 Å². The number of rotatable bonds is 6. The van der Waals surface area contributed by atoms with E-state index in [9.17, 15) is 4.79 Å². The molecular weight excluding hydrogens is 388 g/mol. The molecule has 0 spiro atoms. The summed E-state index contributed by atoms with van der Waals surface area (Å²) in [6.45, 7) is 2.77. The van der Waals surface area contributed by atoms with Gasteiger partial charge < -0.3 is 9.84 Å². The van der Waals surface area contributed by atoms with Crippen molar-refractivity contribution < 1.29 is 9.32 Å². The number of halogens is 1. The zero-order valence-electron chi connectivity index (χ0n) is 16.1. The smallest absolute Gasteiger partial charge is 0.241 e. The third-order valence-electron chi connectivity index (χ3n) is 5.17. The molecule has 1 aliphatic heterocycles. The van der Waals surface area contributed by atoms with Crippen molar-refractivity contribution in [3.05, 3.63) is 71.1 Å². The number of amides is 1. The first-order valence-corrected chi connectivity index (χ1v) is 10.2. The van der Waals surface area contributed by atoms with Crippen molar-refractivity contribution in [3.63, 3.8) is 0 Å². The molecule has 0 radical (unpaired) electrons. The summed E-state index contributed by atoms with van der Waals surface area (Å²) in [5.41, 5.74) is 1.95. The van der Waals surface area contributed by atoms with E-state index in [1.807, 2.05) is 54.6 Å².